The molecule has 21 heavy (non-hydrogen) atoms. The van der Waals surface area contributed by atoms with E-state index in [2.05, 4.69) is 5.32 Å². The van der Waals surface area contributed by atoms with Gasteiger partial charge in [-0.3, -0.25) is 29.4 Å². The lowest BCUT2D eigenvalue weighted by molar-refractivity contribution is -0.139. The molecule has 1 N–H and O–H groups in total. The molecule has 1 saturated heterocycles. The van der Waals surface area contributed by atoms with Gasteiger partial charge in [-0.05, 0) is 31.9 Å². The third-order valence-corrected chi connectivity index (χ3v) is 3.51. The molecule has 1 fully saturated rings. The fourth-order valence-corrected chi connectivity index (χ4v) is 2.40. The summed E-state index contributed by atoms with van der Waals surface area (Å²) in [6.07, 6.45) is 0.614. The lowest BCUT2D eigenvalue weighted by Gasteiger charge is -2.28. The van der Waals surface area contributed by atoms with E-state index in [0.717, 1.165) is 16.0 Å². The average molecular weight is 288 g/mol. The van der Waals surface area contributed by atoms with E-state index < -0.39 is 17.9 Å². The van der Waals surface area contributed by atoms with Gasteiger partial charge in [0.05, 0.1) is 0 Å². The standard InChI is InChI=1S/C15H16N2O4/c1-9-3-4-11(10(2)7-9)15(21)17(8-18)12-5-6-13(19)16-14(12)20/h3-4,7-8,12H,5-6H2,1-2H3,(H,16,19,20). The van der Waals surface area contributed by atoms with Gasteiger partial charge in [0.2, 0.25) is 18.2 Å². The van der Waals surface area contributed by atoms with Gasteiger partial charge in [-0.2, -0.15) is 0 Å². The highest BCUT2D eigenvalue weighted by atomic mass is 16.2. The predicted octanol–water partition coefficient (Wildman–Crippen LogP) is 0.707. The second-order valence-corrected chi connectivity index (χ2v) is 5.10. The Balaban J connectivity index is 2.28. The molecule has 110 valence electrons. The maximum Gasteiger partial charge on any atom is 0.261 e. The fourth-order valence-electron chi connectivity index (χ4n) is 2.40. The Labute approximate surface area is 122 Å². The highest BCUT2D eigenvalue weighted by molar-refractivity contribution is 6.07. The van der Waals surface area contributed by atoms with E-state index >= 15 is 0 Å². The van der Waals surface area contributed by atoms with Gasteiger partial charge in [-0.1, -0.05) is 17.7 Å². The molecule has 2 rings (SSSR count). The maximum atomic E-state index is 12.5. The van der Waals surface area contributed by atoms with Crippen LogP contribution in [0, 0.1) is 13.8 Å². The number of benzene rings is 1. The minimum atomic E-state index is -0.937. The highest BCUT2D eigenvalue weighted by Crippen LogP contribution is 2.17. The number of imide groups is 2. The number of carbonyl (C=O) groups excluding carboxylic acids is 4. The summed E-state index contributed by atoms with van der Waals surface area (Å²) in [5.74, 6) is -1.53. The Hall–Kier alpha value is -2.50. The van der Waals surface area contributed by atoms with Crippen LogP contribution in [0.15, 0.2) is 18.2 Å². The predicted molar refractivity (Wildman–Crippen MR) is 74.3 cm³/mol. The number of hydrogen-bond acceptors (Lipinski definition) is 4. The van der Waals surface area contributed by atoms with Gasteiger partial charge < -0.3 is 0 Å². The summed E-state index contributed by atoms with van der Waals surface area (Å²) in [6.45, 7) is 3.67. The van der Waals surface area contributed by atoms with E-state index in [1.807, 2.05) is 13.0 Å². The Morgan fingerprint density at radius 1 is 1.33 bits per heavy atom. The molecule has 0 spiro atoms. The third kappa shape index (κ3) is 2.99. The van der Waals surface area contributed by atoms with Gasteiger partial charge in [0, 0.05) is 12.0 Å². The minimum Gasteiger partial charge on any atom is -0.295 e. The highest BCUT2D eigenvalue weighted by Gasteiger charge is 2.35. The van der Waals surface area contributed by atoms with Crippen molar-refractivity contribution in [2.45, 2.75) is 32.7 Å². The van der Waals surface area contributed by atoms with E-state index in [0.29, 0.717) is 12.0 Å². The second-order valence-electron chi connectivity index (χ2n) is 5.10. The summed E-state index contributed by atoms with van der Waals surface area (Å²) in [6, 6.07) is 4.30. The number of nitrogens with zero attached hydrogens (tertiary/aromatic N) is 1. The quantitative estimate of drug-likeness (QED) is 0.656. The zero-order chi connectivity index (χ0) is 15.6. The molecule has 0 aromatic heterocycles. The van der Waals surface area contributed by atoms with Crippen LogP contribution in [0.5, 0.6) is 0 Å². The lowest BCUT2D eigenvalue weighted by Crippen LogP contribution is -2.53. The molecular formula is C15H16N2O4. The van der Waals surface area contributed by atoms with E-state index in [1.54, 1.807) is 19.1 Å². The van der Waals surface area contributed by atoms with Crippen LogP contribution in [0.4, 0.5) is 0 Å². The lowest BCUT2D eigenvalue weighted by atomic mass is 10.0. The van der Waals surface area contributed by atoms with Crippen LogP contribution in [0.2, 0.25) is 0 Å². The number of amides is 4. The molecule has 1 unspecified atom stereocenters. The van der Waals surface area contributed by atoms with Crippen LogP contribution >= 0.6 is 0 Å². The van der Waals surface area contributed by atoms with Crippen molar-refractivity contribution in [3.05, 3.63) is 34.9 Å². The first-order valence-electron chi connectivity index (χ1n) is 6.63. The molecule has 6 nitrogen and oxygen atoms in total. The van der Waals surface area contributed by atoms with Crippen molar-refractivity contribution in [2.75, 3.05) is 0 Å². The topological polar surface area (TPSA) is 83.6 Å². The summed E-state index contributed by atoms with van der Waals surface area (Å²) >= 11 is 0. The van der Waals surface area contributed by atoms with E-state index in [9.17, 15) is 19.2 Å². The van der Waals surface area contributed by atoms with Crippen molar-refractivity contribution in [3.63, 3.8) is 0 Å². The van der Waals surface area contributed by atoms with E-state index in [1.165, 1.54) is 0 Å². The zero-order valence-electron chi connectivity index (χ0n) is 11.9. The summed E-state index contributed by atoms with van der Waals surface area (Å²) in [7, 11) is 0. The molecule has 1 aromatic rings. The summed E-state index contributed by atoms with van der Waals surface area (Å²) < 4.78 is 0. The molecule has 0 saturated carbocycles. The van der Waals surface area contributed by atoms with Crippen LogP contribution < -0.4 is 5.32 Å². The van der Waals surface area contributed by atoms with E-state index in [4.69, 9.17) is 0 Å². The zero-order valence-corrected chi connectivity index (χ0v) is 11.9. The molecule has 6 heteroatoms. The van der Waals surface area contributed by atoms with Gasteiger partial charge in [-0.25, -0.2) is 0 Å². The Kier molecular flexibility index (Phi) is 4.16. The molecule has 1 aromatic carbocycles. The number of hydrogen-bond donors (Lipinski definition) is 1. The number of aryl methyl sites for hydroxylation is 2. The first kappa shape index (κ1) is 14.9. The molecule has 4 amide bonds. The summed E-state index contributed by atoms with van der Waals surface area (Å²) in [5, 5.41) is 2.14. The minimum absolute atomic E-state index is 0.112. The number of carbonyl (C=O) groups is 4. The number of piperidine rings is 1. The smallest absolute Gasteiger partial charge is 0.261 e. The molecular weight excluding hydrogens is 272 g/mol. The van der Waals surface area contributed by atoms with Crippen LogP contribution in [0.3, 0.4) is 0 Å². The molecule has 0 aliphatic carbocycles. The van der Waals surface area contributed by atoms with Gasteiger partial charge in [0.1, 0.15) is 6.04 Å². The average Bonchev–Trinajstić information content (AvgIpc) is 2.41. The molecule has 1 aliphatic rings. The van der Waals surface area contributed by atoms with Gasteiger partial charge >= 0.3 is 0 Å². The Morgan fingerprint density at radius 3 is 2.62 bits per heavy atom. The van der Waals surface area contributed by atoms with Crippen molar-refractivity contribution in [3.8, 4) is 0 Å². The van der Waals surface area contributed by atoms with Crippen LogP contribution in [-0.2, 0) is 14.4 Å². The van der Waals surface area contributed by atoms with Crippen LogP contribution in [0.25, 0.3) is 0 Å². The molecule has 1 atom stereocenters. The molecule has 1 aliphatic heterocycles. The van der Waals surface area contributed by atoms with Crippen molar-refractivity contribution in [1.29, 1.82) is 0 Å². The fraction of sp³-hybridized carbons (Fsp3) is 0.333. The normalized spacial score (nSPS) is 18.1. The molecule has 0 radical (unpaired) electrons. The second kappa shape index (κ2) is 5.87. The number of nitrogens with one attached hydrogen (secondary N) is 1. The monoisotopic (exact) mass is 288 g/mol. The van der Waals surface area contributed by atoms with Crippen molar-refractivity contribution in [2.24, 2.45) is 0 Å². The van der Waals surface area contributed by atoms with Crippen molar-refractivity contribution < 1.29 is 19.2 Å². The first-order chi connectivity index (χ1) is 9.93. The van der Waals surface area contributed by atoms with E-state index in [-0.39, 0.29) is 18.7 Å². The van der Waals surface area contributed by atoms with Gasteiger partial charge in [0.15, 0.2) is 0 Å². The summed E-state index contributed by atoms with van der Waals surface area (Å²) in [4.78, 5) is 47.5. The number of rotatable bonds is 3. The maximum absolute atomic E-state index is 12.5. The van der Waals surface area contributed by atoms with Gasteiger partial charge in [-0.15, -0.1) is 0 Å². The Morgan fingerprint density at radius 2 is 2.05 bits per heavy atom. The van der Waals surface area contributed by atoms with Crippen LogP contribution in [0.1, 0.15) is 34.3 Å². The molecule has 0 bridgehead atoms. The van der Waals surface area contributed by atoms with Crippen molar-refractivity contribution in [1.82, 2.24) is 10.2 Å². The third-order valence-electron chi connectivity index (χ3n) is 3.51. The largest absolute Gasteiger partial charge is 0.295 e. The van der Waals surface area contributed by atoms with Gasteiger partial charge in [0.25, 0.3) is 5.91 Å². The summed E-state index contributed by atoms with van der Waals surface area (Å²) in [5.41, 5.74) is 2.11. The van der Waals surface area contributed by atoms with Crippen molar-refractivity contribution >= 4 is 24.1 Å². The molecule has 1 heterocycles. The van der Waals surface area contributed by atoms with Crippen LogP contribution in [-0.4, -0.2) is 35.1 Å². The first-order valence-corrected chi connectivity index (χ1v) is 6.63. The SMILES string of the molecule is Cc1ccc(C(=O)N(C=O)C2CCC(=O)NC2=O)c(C)c1. The Bertz CT molecular complexity index is 624.